The van der Waals surface area contributed by atoms with E-state index in [0.717, 1.165) is 19.3 Å². The highest BCUT2D eigenvalue weighted by molar-refractivity contribution is 5.99. The van der Waals surface area contributed by atoms with Gasteiger partial charge in [0.25, 0.3) is 5.91 Å². The van der Waals surface area contributed by atoms with Crippen molar-refractivity contribution in [2.75, 3.05) is 37.6 Å². The Balaban J connectivity index is 0.00000300. The summed E-state index contributed by atoms with van der Waals surface area (Å²) in [5.41, 5.74) is 5.81. The van der Waals surface area contributed by atoms with Gasteiger partial charge in [-0.2, -0.15) is 0 Å². The molecule has 10 heteroatoms. The Morgan fingerprint density at radius 1 is 1.28 bits per heavy atom. The van der Waals surface area contributed by atoms with Gasteiger partial charge in [0.05, 0.1) is 5.56 Å². The summed E-state index contributed by atoms with van der Waals surface area (Å²) < 4.78 is 14.5. The van der Waals surface area contributed by atoms with E-state index in [4.69, 9.17) is 5.73 Å². The van der Waals surface area contributed by atoms with Crippen LogP contribution in [-0.2, 0) is 4.79 Å². The number of anilines is 1. The van der Waals surface area contributed by atoms with Crippen molar-refractivity contribution in [2.45, 2.75) is 31.7 Å². The molecule has 1 atom stereocenters. The lowest BCUT2D eigenvalue weighted by Crippen LogP contribution is -2.49. The summed E-state index contributed by atoms with van der Waals surface area (Å²) in [6.45, 7) is 2.07. The number of hydrogen-bond acceptors (Lipinski definition) is 4. The lowest BCUT2D eigenvalue weighted by molar-refractivity contribution is -0.121. The summed E-state index contributed by atoms with van der Waals surface area (Å²) in [5, 5.41) is 5.49. The van der Waals surface area contributed by atoms with Gasteiger partial charge in [-0.1, -0.05) is 0 Å². The van der Waals surface area contributed by atoms with Gasteiger partial charge >= 0.3 is 6.03 Å². The van der Waals surface area contributed by atoms with Gasteiger partial charge in [-0.05, 0) is 37.5 Å². The lowest BCUT2D eigenvalue weighted by Gasteiger charge is -2.36. The Hall–Kier alpha value is -2.39. The Morgan fingerprint density at radius 2 is 2.07 bits per heavy atom. The van der Waals surface area contributed by atoms with Gasteiger partial charge in [0.2, 0.25) is 5.91 Å². The molecule has 0 aromatic heterocycles. The second-order valence-corrected chi connectivity index (χ2v) is 7.04. The van der Waals surface area contributed by atoms with Crippen LogP contribution in [0.3, 0.4) is 0 Å². The maximum Gasteiger partial charge on any atom is 0.321 e. The molecule has 2 saturated heterocycles. The van der Waals surface area contributed by atoms with Crippen LogP contribution < -0.4 is 21.3 Å². The fourth-order valence-corrected chi connectivity index (χ4v) is 3.65. The molecule has 4 amide bonds. The summed E-state index contributed by atoms with van der Waals surface area (Å²) in [6, 6.07) is 3.69. The summed E-state index contributed by atoms with van der Waals surface area (Å²) in [7, 11) is 0. The van der Waals surface area contributed by atoms with E-state index in [-0.39, 0.29) is 48.9 Å². The van der Waals surface area contributed by atoms with Crippen LogP contribution in [0.15, 0.2) is 18.2 Å². The number of urea groups is 1. The maximum absolute atomic E-state index is 14.5. The predicted molar refractivity (Wildman–Crippen MR) is 110 cm³/mol. The van der Waals surface area contributed by atoms with E-state index >= 15 is 0 Å². The number of nitrogens with zero attached hydrogens (tertiary/aromatic N) is 2. The summed E-state index contributed by atoms with van der Waals surface area (Å²) in [6.07, 6.45) is 2.74. The van der Waals surface area contributed by atoms with Crippen LogP contribution in [0.4, 0.5) is 14.9 Å². The molecule has 2 heterocycles. The largest absolute Gasteiger partial charge is 0.354 e. The van der Waals surface area contributed by atoms with Gasteiger partial charge in [-0.3, -0.25) is 14.5 Å². The van der Waals surface area contributed by atoms with E-state index in [1.807, 2.05) is 0 Å². The van der Waals surface area contributed by atoms with Crippen molar-refractivity contribution < 1.29 is 18.8 Å². The Bertz CT molecular complexity index is 763. The minimum Gasteiger partial charge on any atom is -0.354 e. The van der Waals surface area contributed by atoms with Crippen LogP contribution in [-0.4, -0.2) is 61.5 Å². The molecule has 1 aromatic carbocycles. The zero-order valence-corrected chi connectivity index (χ0v) is 17.0. The van der Waals surface area contributed by atoms with Crippen molar-refractivity contribution >= 4 is 35.9 Å². The van der Waals surface area contributed by atoms with Gasteiger partial charge < -0.3 is 21.3 Å². The van der Waals surface area contributed by atoms with Gasteiger partial charge in [0.1, 0.15) is 5.82 Å². The molecule has 0 spiro atoms. The average Bonchev–Trinajstić information content (AvgIpc) is 3.12. The quantitative estimate of drug-likeness (QED) is 0.634. The third-order valence-corrected chi connectivity index (χ3v) is 5.14. The van der Waals surface area contributed by atoms with Gasteiger partial charge in [0.15, 0.2) is 0 Å². The van der Waals surface area contributed by atoms with Crippen molar-refractivity contribution in [1.82, 2.24) is 15.5 Å². The third-order valence-electron chi connectivity index (χ3n) is 5.14. The fourth-order valence-electron chi connectivity index (χ4n) is 3.65. The Kier molecular flexibility index (Phi) is 8.21. The Morgan fingerprint density at radius 3 is 2.76 bits per heavy atom. The molecule has 1 unspecified atom stereocenters. The standard InChI is InChI=1S/C19H26FN5O3.ClH/c20-16-5-4-13(25-10-8-22-19(25)28)11-15(16)18(27)24-9-2-1-3-14(24)12-23-17(26)6-7-21;/h4-5,11,14H,1-3,6-10,12,21H2,(H,22,28)(H,23,26);1H. The molecule has 0 bridgehead atoms. The van der Waals surface area contributed by atoms with Crippen LogP contribution >= 0.6 is 12.4 Å². The fraction of sp³-hybridized carbons (Fsp3) is 0.526. The summed E-state index contributed by atoms with van der Waals surface area (Å²) in [5.74, 6) is -1.20. The first-order valence-electron chi connectivity index (χ1n) is 9.64. The molecule has 160 valence electrons. The average molecular weight is 428 g/mol. The van der Waals surface area contributed by atoms with E-state index in [1.54, 1.807) is 4.90 Å². The second kappa shape index (κ2) is 10.4. The number of carbonyl (C=O) groups excluding carboxylic acids is 3. The normalized spacial score (nSPS) is 18.8. The number of carbonyl (C=O) groups is 3. The van der Waals surface area contributed by atoms with Crippen molar-refractivity contribution in [3.05, 3.63) is 29.6 Å². The van der Waals surface area contributed by atoms with Crippen LogP contribution in [0.25, 0.3) is 0 Å². The molecule has 2 aliphatic rings. The highest BCUT2D eigenvalue weighted by Gasteiger charge is 2.30. The summed E-state index contributed by atoms with van der Waals surface area (Å²) in [4.78, 5) is 39.8. The van der Waals surface area contributed by atoms with Crippen LogP contribution in [0.5, 0.6) is 0 Å². The molecular weight excluding hydrogens is 401 g/mol. The van der Waals surface area contributed by atoms with Crippen molar-refractivity contribution in [3.63, 3.8) is 0 Å². The minimum absolute atomic E-state index is 0. The van der Waals surface area contributed by atoms with Crippen LogP contribution in [0.1, 0.15) is 36.0 Å². The van der Waals surface area contributed by atoms with Crippen molar-refractivity contribution in [1.29, 1.82) is 0 Å². The molecule has 1 aromatic rings. The molecule has 0 radical (unpaired) electrons. The number of halogens is 2. The first-order chi connectivity index (χ1) is 13.5. The number of benzene rings is 1. The van der Waals surface area contributed by atoms with E-state index in [1.165, 1.54) is 23.1 Å². The number of rotatable bonds is 6. The van der Waals surface area contributed by atoms with Gasteiger partial charge in [0, 0.05) is 50.9 Å². The number of hydrogen-bond donors (Lipinski definition) is 3. The SMILES string of the molecule is Cl.NCCC(=O)NCC1CCCCN1C(=O)c1cc(N2CCNC2=O)ccc1F. The molecule has 0 aliphatic carbocycles. The highest BCUT2D eigenvalue weighted by atomic mass is 35.5. The smallest absolute Gasteiger partial charge is 0.321 e. The number of piperidine rings is 1. The predicted octanol–water partition coefficient (Wildman–Crippen LogP) is 1.24. The number of amides is 4. The first-order valence-corrected chi connectivity index (χ1v) is 9.64. The number of nitrogens with two attached hydrogens (primary N) is 1. The lowest BCUT2D eigenvalue weighted by atomic mass is 10.00. The topological polar surface area (TPSA) is 108 Å². The third kappa shape index (κ3) is 5.36. The van der Waals surface area contributed by atoms with Crippen molar-refractivity contribution in [3.8, 4) is 0 Å². The number of likely N-dealkylation sites (tertiary alicyclic amines) is 1. The molecule has 8 nitrogen and oxygen atoms in total. The first kappa shape index (κ1) is 22.9. The molecular formula is C19H27ClFN5O3. The molecule has 3 rings (SSSR count). The van der Waals surface area contributed by atoms with Gasteiger partial charge in [-0.25, -0.2) is 9.18 Å². The van der Waals surface area contributed by atoms with E-state index < -0.39 is 11.7 Å². The zero-order valence-electron chi connectivity index (χ0n) is 16.2. The van der Waals surface area contributed by atoms with Gasteiger partial charge in [-0.15, -0.1) is 12.4 Å². The van der Waals surface area contributed by atoms with Crippen molar-refractivity contribution in [2.24, 2.45) is 5.73 Å². The molecule has 4 N–H and O–H groups in total. The molecule has 0 saturated carbocycles. The monoisotopic (exact) mass is 427 g/mol. The Labute approximate surface area is 175 Å². The second-order valence-electron chi connectivity index (χ2n) is 7.04. The maximum atomic E-state index is 14.5. The highest BCUT2D eigenvalue weighted by Crippen LogP contribution is 2.25. The number of nitrogens with one attached hydrogen (secondary N) is 2. The van der Waals surface area contributed by atoms with Crippen LogP contribution in [0.2, 0.25) is 0 Å². The zero-order chi connectivity index (χ0) is 20.1. The van der Waals surface area contributed by atoms with Crippen LogP contribution in [0, 0.1) is 5.82 Å². The van der Waals surface area contributed by atoms with E-state index in [9.17, 15) is 18.8 Å². The molecule has 2 aliphatic heterocycles. The summed E-state index contributed by atoms with van der Waals surface area (Å²) >= 11 is 0. The van der Waals surface area contributed by atoms with E-state index in [0.29, 0.717) is 31.9 Å². The van der Waals surface area contributed by atoms with E-state index in [2.05, 4.69) is 10.6 Å². The molecule has 2 fully saturated rings. The molecule has 29 heavy (non-hydrogen) atoms. The minimum atomic E-state index is -0.621.